The van der Waals surface area contributed by atoms with Crippen LogP contribution in [0.1, 0.15) is 12.8 Å². The van der Waals surface area contributed by atoms with Gasteiger partial charge in [-0.05, 0) is 49.2 Å². The van der Waals surface area contributed by atoms with Gasteiger partial charge in [-0.15, -0.1) is 0 Å². The summed E-state index contributed by atoms with van der Waals surface area (Å²) in [6.07, 6.45) is 1.26. The molecule has 0 amide bonds. The second kappa shape index (κ2) is 5.79. The van der Waals surface area contributed by atoms with Gasteiger partial charge in [-0.1, -0.05) is 0 Å². The van der Waals surface area contributed by atoms with Gasteiger partial charge in [0.15, 0.2) is 0 Å². The summed E-state index contributed by atoms with van der Waals surface area (Å²) >= 11 is 0. The largest absolute Gasteiger partial charge is 0.508 e. The minimum atomic E-state index is -0.552. The van der Waals surface area contributed by atoms with Gasteiger partial charge in [0.2, 0.25) is 5.95 Å². The van der Waals surface area contributed by atoms with Gasteiger partial charge in [-0.2, -0.15) is 4.39 Å². The predicted octanol–water partition coefficient (Wildman–Crippen LogP) is 3.04. The number of halogens is 1. The summed E-state index contributed by atoms with van der Waals surface area (Å²) in [5, 5.41) is 20.1. The van der Waals surface area contributed by atoms with Crippen molar-refractivity contribution in [2.24, 2.45) is 0 Å². The van der Waals surface area contributed by atoms with Crippen LogP contribution in [0.4, 0.5) is 10.2 Å². The number of rotatable bonds is 2. The summed E-state index contributed by atoms with van der Waals surface area (Å²) in [6, 6.07) is 10.2. The zero-order valence-electron chi connectivity index (χ0n) is 13.0. The van der Waals surface area contributed by atoms with Gasteiger partial charge in [0.1, 0.15) is 11.6 Å². The number of hydrogen-bond donors (Lipinski definition) is 3. The number of β-amino-alcohol motifs (C(OH)–C–C–N with tert-alkyl or cyclic N) is 1. The number of aromatic hydroxyl groups is 1. The number of phenolic OH excluding ortho intramolecular Hbond substituents is 1. The minimum Gasteiger partial charge on any atom is -0.508 e. The minimum absolute atomic E-state index is 0.172. The zero-order valence-corrected chi connectivity index (χ0v) is 13.0. The highest BCUT2D eigenvalue weighted by Crippen LogP contribution is 2.29. The summed E-state index contributed by atoms with van der Waals surface area (Å²) in [5.74, 6) is 0.165. The van der Waals surface area contributed by atoms with Crippen LogP contribution in [-0.2, 0) is 0 Å². The van der Waals surface area contributed by atoms with Crippen molar-refractivity contribution in [3.63, 3.8) is 0 Å². The number of phenols is 1. The molecule has 1 atom stereocenters. The molecule has 6 heteroatoms. The normalized spacial score (nSPS) is 18.2. The number of hydrogen-bond acceptors (Lipinski definition) is 4. The number of aliphatic hydroxyl groups is 1. The maximum absolute atomic E-state index is 14.5. The van der Waals surface area contributed by atoms with Gasteiger partial charge < -0.3 is 20.1 Å². The quantitative estimate of drug-likeness (QED) is 0.633. The van der Waals surface area contributed by atoms with E-state index in [4.69, 9.17) is 0 Å². The second-order valence-electron chi connectivity index (χ2n) is 6.20. The number of pyridine rings is 1. The fraction of sp³-hybridized carbons (Fsp3) is 0.278. The van der Waals surface area contributed by atoms with E-state index < -0.39 is 5.95 Å². The lowest BCUT2D eigenvalue weighted by Gasteiger charge is -2.31. The molecular formula is C18H18FN3O2. The Morgan fingerprint density at radius 3 is 2.88 bits per heavy atom. The molecule has 2 aromatic heterocycles. The highest BCUT2D eigenvalue weighted by atomic mass is 19.1. The second-order valence-corrected chi connectivity index (χ2v) is 6.20. The number of aromatic nitrogens is 2. The summed E-state index contributed by atoms with van der Waals surface area (Å²) in [4.78, 5) is 9.12. The molecule has 0 aliphatic carbocycles. The highest BCUT2D eigenvalue weighted by Gasteiger charge is 2.20. The van der Waals surface area contributed by atoms with E-state index in [1.807, 2.05) is 4.90 Å². The van der Waals surface area contributed by atoms with Crippen LogP contribution in [0, 0.1) is 5.95 Å². The first-order valence-corrected chi connectivity index (χ1v) is 8.02. The maximum atomic E-state index is 14.5. The number of nitrogens with one attached hydrogen (secondary N) is 1. The van der Waals surface area contributed by atoms with E-state index in [2.05, 4.69) is 9.97 Å². The lowest BCUT2D eigenvalue weighted by Crippen LogP contribution is -2.38. The SMILES string of the molecule is Oc1ccc2[nH]c(-c3ccc(N4CCC[C@H](O)C4)nc3F)cc2c1. The molecule has 1 saturated heterocycles. The number of anilines is 1. The summed E-state index contributed by atoms with van der Waals surface area (Å²) in [5.41, 5.74) is 1.82. The van der Waals surface area contributed by atoms with Crippen molar-refractivity contribution in [3.8, 4) is 17.0 Å². The molecule has 1 aliphatic rings. The average molecular weight is 327 g/mol. The molecule has 24 heavy (non-hydrogen) atoms. The molecular weight excluding hydrogens is 309 g/mol. The van der Waals surface area contributed by atoms with E-state index in [0.29, 0.717) is 23.6 Å². The Morgan fingerprint density at radius 1 is 1.21 bits per heavy atom. The molecule has 0 bridgehead atoms. The van der Waals surface area contributed by atoms with Crippen molar-refractivity contribution in [3.05, 3.63) is 42.3 Å². The maximum Gasteiger partial charge on any atom is 0.224 e. The van der Waals surface area contributed by atoms with Gasteiger partial charge in [0.25, 0.3) is 0 Å². The molecule has 124 valence electrons. The van der Waals surface area contributed by atoms with Crippen LogP contribution in [0.25, 0.3) is 22.2 Å². The zero-order chi connectivity index (χ0) is 16.7. The Hall–Kier alpha value is -2.60. The van der Waals surface area contributed by atoms with Crippen molar-refractivity contribution < 1.29 is 14.6 Å². The molecule has 1 aliphatic heterocycles. The van der Waals surface area contributed by atoms with Crippen LogP contribution in [0.2, 0.25) is 0 Å². The topological polar surface area (TPSA) is 72.4 Å². The number of nitrogens with zero attached hydrogens (tertiary/aromatic N) is 2. The van der Waals surface area contributed by atoms with Crippen LogP contribution >= 0.6 is 0 Å². The summed E-state index contributed by atoms with van der Waals surface area (Å²) in [6.45, 7) is 1.26. The Bertz CT molecular complexity index is 893. The molecule has 0 saturated carbocycles. The first-order valence-electron chi connectivity index (χ1n) is 8.02. The first-order chi connectivity index (χ1) is 11.6. The molecule has 0 spiro atoms. The molecule has 5 nitrogen and oxygen atoms in total. The third kappa shape index (κ3) is 2.69. The third-order valence-corrected chi connectivity index (χ3v) is 4.45. The van der Waals surface area contributed by atoms with Crippen molar-refractivity contribution in [2.45, 2.75) is 18.9 Å². The fourth-order valence-corrected chi connectivity index (χ4v) is 3.23. The van der Waals surface area contributed by atoms with E-state index in [0.717, 1.165) is 30.3 Å². The number of aliphatic hydroxyl groups excluding tert-OH is 1. The number of aromatic amines is 1. The molecule has 0 unspecified atom stereocenters. The van der Waals surface area contributed by atoms with E-state index in [-0.39, 0.29) is 11.9 Å². The molecule has 3 aromatic rings. The molecule has 3 N–H and O–H groups in total. The Morgan fingerprint density at radius 2 is 2.08 bits per heavy atom. The van der Waals surface area contributed by atoms with Crippen molar-refractivity contribution in [1.82, 2.24) is 9.97 Å². The van der Waals surface area contributed by atoms with Gasteiger partial charge in [0, 0.05) is 24.0 Å². The van der Waals surface area contributed by atoms with E-state index in [1.165, 1.54) is 0 Å². The molecule has 3 heterocycles. The number of H-pyrrole nitrogens is 1. The van der Waals surface area contributed by atoms with Crippen molar-refractivity contribution >= 4 is 16.7 Å². The van der Waals surface area contributed by atoms with E-state index >= 15 is 0 Å². The van der Waals surface area contributed by atoms with Crippen LogP contribution in [0.15, 0.2) is 36.4 Å². The monoisotopic (exact) mass is 327 g/mol. The lowest BCUT2D eigenvalue weighted by atomic mass is 10.1. The van der Waals surface area contributed by atoms with Gasteiger partial charge >= 0.3 is 0 Å². The van der Waals surface area contributed by atoms with Gasteiger partial charge in [0.05, 0.1) is 17.4 Å². The van der Waals surface area contributed by atoms with Crippen LogP contribution < -0.4 is 4.90 Å². The van der Waals surface area contributed by atoms with Crippen LogP contribution in [0.3, 0.4) is 0 Å². The smallest absolute Gasteiger partial charge is 0.224 e. The van der Waals surface area contributed by atoms with E-state index in [1.54, 1.807) is 36.4 Å². The third-order valence-electron chi connectivity index (χ3n) is 4.45. The number of fused-ring (bicyclic) bond motifs is 1. The van der Waals surface area contributed by atoms with Gasteiger partial charge in [-0.25, -0.2) is 4.98 Å². The lowest BCUT2D eigenvalue weighted by molar-refractivity contribution is 0.154. The van der Waals surface area contributed by atoms with Crippen molar-refractivity contribution in [2.75, 3.05) is 18.0 Å². The Labute approximate surface area is 138 Å². The first kappa shape index (κ1) is 15.0. The van der Waals surface area contributed by atoms with Gasteiger partial charge in [-0.3, -0.25) is 0 Å². The van der Waals surface area contributed by atoms with Crippen molar-refractivity contribution in [1.29, 1.82) is 0 Å². The van der Waals surface area contributed by atoms with E-state index in [9.17, 15) is 14.6 Å². The summed E-state index contributed by atoms with van der Waals surface area (Å²) in [7, 11) is 0. The number of piperidine rings is 1. The molecule has 0 radical (unpaired) electrons. The highest BCUT2D eigenvalue weighted by molar-refractivity contribution is 5.87. The fourth-order valence-electron chi connectivity index (χ4n) is 3.23. The molecule has 1 fully saturated rings. The predicted molar refractivity (Wildman–Crippen MR) is 90.6 cm³/mol. The number of benzene rings is 1. The Balaban J connectivity index is 1.68. The molecule has 4 rings (SSSR count). The Kier molecular flexibility index (Phi) is 3.61. The molecule has 1 aromatic carbocycles. The average Bonchev–Trinajstić information content (AvgIpc) is 2.97. The van der Waals surface area contributed by atoms with Crippen LogP contribution in [-0.4, -0.2) is 39.4 Å². The summed E-state index contributed by atoms with van der Waals surface area (Å²) < 4.78 is 14.5. The standard InChI is InChI=1S/C18H18FN3O2/c19-18-14(16-9-11-8-12(23)3-5-15(11)20-16)4-6-17(21-18)22-7-1-2-13(24)10-22/h3-6,8-9,13,20,23-24H,1-2,7,10H2/t13-/m0/s1. The van der Waals surface area contributed by atoms with Crippen LogP contribution in [0.5, 0.6) is 5.75 Å².